The van der Waals surface area contributed by atoms with E-state index in [-0.39, 0.29) is 5.91 Å². The minimum atomic E-state index is -0.447. The number of nitrogens with zero attached hydrogens (tertiary/aromatic N) is 1. The zero-order chi connectivity index (χ0) is 17.6. The highest BCUT2D eigenvalue weighted by molar-refractivity contribution is 6.06. The van der Waals surface area contributed by atoms with Crippen LogP contribution in [0.25, 0.3) is 0 Å². The Morgan fingerprint density at radius 1 is 0.923 bits per heavy atom. The van der Waals surface area contributed by atoms with Crippen LogP contribution in [0.4, 0.5) is 11.4 Å². The Labute approximate surface area is 154 Å². The average molecular weight is 347 g/mol. The summed E-state index contributed by atoms with van der Waals surface area (Å²) in [5, 5.41) is 6.67. The first kappa shape index (κ1) is 15.9. The fourth-order valence-electron chi connectivity index (χ4n) is 4.87. The van der Waals surface area contributed by atoms with Crippen molar-refractivity contribution in [3.8, 4) is 0 Å². The van der Waals surface area contributed by atoms with Crippen molar-refractivity contribution in [3.05, 3.63) is 59.7 Å². The number of nitrogens with one attached hydrogen (secondary N) is 2. The van der Waals surface area contributed by atoms with Gasteiger partial charge < -0.3 is 10.6 Å². The van der Waals surface area contributed by atoms with Gasteiger partial charge in [-0.1, -0.05) is 36.4 Å². The Morgan fingerprint density at radius 2 is 1.62 bits per heavy atom. The van der Waals surface area contributed by atoms with E-state index in [9.17, 15) is 4.79 Å². The van der Waals surface area contributed by atoms with Crippen LogP contribution in [0.2, 0.25) is 0 Å². The first-order valence-electron chi connectivity index (χ1n) is 9.73. The number of amides is 1. The van der Waals surface area contributed by atoms with E-state index in [1.54, 1.807) is 0 Å². The van der Waals surface area contributed by atoms with Gasteiger partial charge in [-0.2, -0.15) is 0 Å². The van der Waals surface area contributed by atoms with E-state index in [4.69, 9.17) is 0 Å². The SMILES string of the molecule is O=C1Nc2ccccc2NC12CCN([C@H]1CCc3ccccc3C1)CC2. The summed E-state index contributed by atoms with van der Waals surface area (Å²) in [7, 11) is 0. The van der Waals surface area contributed by atoms with Crippen LogP contribution in [0.15, 0.2) is 48.5 Å². The predicted octanol–water partition coefficient (Wildman–Crippen LogP) is 3.44. The number of benzene rings is 2. The predicted molar refractivity (Wildman–Crippen MR) is 104 cm³/mol. The number of hydrogen-bond donors (Lipinski definition) is 2. The van der Waals surface area contributed by atoms with Gasteiger partial charge in [-0.15, -0.1) is 0 Å². The molecule has 1 aliphatic carbocycles. The summed E-state index contributed by atoms with van der Waals surface area (Å²) in [5.74, 6) is 0.129. The van der Waals surface area contributed by atoms with Gasteiger partial charge in [0.25, 0.3) is 0 Å². The van der Waals surface area contributed by atoms with E-state index in [0.717, 1.165) is 43.7 Å². The first-order valence-corrected chi connectivity index (χ1v) is 9.73. The van der Waals surface area contributed by atoms with Gasteiger partial charge in [0.05, 0.1) is 11.4 Å². The van der Waals surface area contributed by atoms with Crippen molar-refractivity contribution < 1.29 is 4.79 Å². The molecule has 1 fully saturated rings. The third-order valence-electron chi connectivity index (χ3n) is 6.47. The first-order chi connectivity index (χ1) is 12.7. The molecule has 2 aromatic carbocycles. The molecule has 4 heteroatoms. The fourth-order valence-corrected chi connectivity index (χ4v) is 4.87. The van der Waals surface area contributed by atoms with Crippen molar-refractivity contribution in [1.82, 2.24) is 4.90 Å². The molecule has 0 aromatic heterocycles. The van der Waals surface area contributed by atoms with Crippen LogP contribution >= 0.6 is 0 Å². The van der Waals surface area contributed by atoms with Crippen LogP contribution < -0.4 is 10.6 Å². The van der Waals surface area contributed by atoms with E-state index in [1.165, 1.54) is 24.0 Å². The van der Waals surface area contributed by atoms with Gasteiger partial charge in [-0.05, 0) is 55.4 Å². The molecule has 0 bridgehead atoms. The number of carbonyl (C=O) groups excluding carboxylic acids is 1. The molecule has 1 amide bonds. The maximum absolute atomic E-state index is 12.8. The normalized spacial score (nSPS) is 24.3. The lowest BCUT2D eigenvalue weighted by atomic mass is 9.81. The molecule has 4 nitrogen and oxygen atoms in total. The van der Waals surface area contributed by atoms with Crippen molar-refractivity contribution in [3.63, 3.8) is 0 Å². The third kappa shape index (κ3) is 2.60. The van der Waals surface area contributed by atoms with E-state index in [0.29, 0.717) is 6.04 Å². The Kier molecular flexibility index (Phi) is 3.75. The van der Waals surface area contributed by atoms with Crippen LogP contribution in [0, 0.1) is 0 Å². The average Bonchev–Trinajstić information content (AvgIpc) is 2.69. The van der Waals surface area contributed by atoms with E-state index in [1.807, 2.05) is 18.2 Å². The number of piperidine rings is 1. The molecule has 26 heavy (non-hydrogen) atoms. The van der Waals surface area contributed by atoms with Crippen LogP contribution in [0.1, 0.15) is 30.4 Å². The van der Waals surface area contributed by atoms with Gasteiger partial charge >= 0.3 is 0 Å². The molecule has 134 valence electrons. The third-order valence-corrected chi connectivity index (χ3v) is 6.47. The summed E-state index contributed by atoms with van der Waals surface area (Å²) in [6, 6.07) is 17.5. The Morgan fingerprint density at radius 3 is 2.42 bits per heavy atom. The molecule has 2 aromatic rings. The van der Waals surface area contributed by atoms with Gasteiger partial charge in [-0.3, -0.25) is 9.69 Å². The number of hydrogen-bond acceptors (Lipinski definition) is 3. The lowest BCUT2D eigenvalue weighted by Gasteiger charge is -2.47. The lowest BCUT2D eigenvalue weighted by Crippen LogP contribution is -2.59. The summed E-state index contributed by atoms with van der Waals surface area (Å²) in [5.41, 5.74) is 4.52. The largest absolute Gasteiger partial charge is 0.369 e. The molecule has 1 spiro atoms. The van der Waals surface area contributed by atoms with Crippen molar-refractivity contribution in [2.45, 2.75) is 43.7 Å². The van der Waals surface area contributed by atoms with E-state index >= 15 is 0 Å². The molecule has 1 atom stereocenters. The lowest BCUT2D eigenvalue weighted by molar-refractivity contribution is -0.122. The number of carbonyl (C=O) groups is 1. The van der Waals surface area contributed by atoms with Crippen LogP contribution in [-0.2, 0) is 17.6 Å². The second kappa shape index (κ2) is 6.13. The highest BCUT2D eigenvalue weighted by Crippen LogP contribution is 2.37. The number of rotatable bonds is 1. The highest BCUT2D eigenvalue weighted by Gasteiger charge is 2.45. The standard InChI is InChI=1S/C22H25N3O/c26-21-22(24-20-8-4-3-7-19(20)23-21)11-13-25(14-12-22)18-10-9-16-5-1-2-6-17(16)15-18/h1-8,18,24H,9-15H2,(H,23,26)/t18-/m0/s1. The summed E-state index contributed by atoms with van der Waals surface area (Å²) in [4.78, 5) is 15.4. The molecule has 5 rings (SSSR count). The fraction of sp³-hybridized carbons (Fsp3) is 0.409. The minimum Gasteiger partial charge on any atom is -0.369 e. The van der Waals surface area contributed by atoms with Gasteiger partial charge in [0.1, 0.15) is 5.54 Å². The number of likely N-dealkylation sites (tertiary alicyclic amines) is 1. The number of anilines is 2. The Bertz CT molecular complexity index is 839. The van der Waals surface area contributed by atoms with Gasteiger partial charge in [0.2, 0.25) is 5.91 Å². The zero-order valence-electron chi connectivity index (χ0n) is 15.0. The second-order valence-corrected chi connectivity index (χ2v) is 7.91. The molecule has 0 radical (unpaired) electrons. The van der Waals surface area contributed by atoms with Crippen molar-refractivity contribution in [2.75, 3.05) is 23.7 Å². The summed E-state index contributed by atoms with van der Waals surface area (Å²) >= 11 is 0. The van der Waals surface area contributed by atoms with Crippen LogP contribution in [-0.4, -0.2) is 35.5 Å². The number of para-hydroxylation sites is 2. The smallest absolute Gasteiger partial charge is 0.250 e. The molecule has 2 aliphatic heterocycles. The molecule has 1 saturated heterocycles. The van der Waals surface area contributed by atoms with Crippen molar-refractivity contribution in [1.29, 1.82) is 0 Å². The van der Waals surface area contributed by atoms with Crippen LogP contribution in [0.3, 0.4) is 0 Å². The molecular formula is C22H25N3O. The minimum absolute atomic E-state index is 0.129. The van der Waals surface area contributed by atoms with Gasteiger partial charge in [-0.25, -0.2) is 0 Å². The summed E-state index contributed by atoms with van der Waals surface area (Å²) in [6.07, 6.45) is 5.28. The van der Waals surface area contributed by atoms with E-state index < -0.39 is 5.54 Å². The quantitative estimate of drug-likeness (QED) is 0.830. The molecule has 2 heterocycles. The van der Waals surface area contributed by atoms with Gasteiger partial charge in [0.15, 0.2) is 0 Å². The Balaban J connectivity index is 1.29. The molecule has 0 saturated carbocycles. The maximum Gasteiger partial charge on any atom is 0.250 e. The molecule has 3 aliphatic rings. The number of aryl methyl sites for hydroxylation is 1. The molecular weight excluding hydrogens is 322 g/mol. The highest BCUT2D eigenvalue weighted by atomic mass is 16.2. The van der Waals surface area contributed by atoms with Gasteiger partial charge in [0, 0.05) is 19.1 Å². The van der Waals surface area contributed by atoms with Crippen molar-refractivity contribution >= 4 is 17.3 Å². The summed E-state index contributed by atoms with van der Waals surface area (Å²) in [6.45, 7) is 1.96. The topological polar surface area (TPSA) is 44.4 Å². The molecule has 2 N–H and O–H groups in total. The Hall–Kier alpha value is -2.33. The maximum atomic E-state index is 12.8. The second-order valence-electron chi connectivity index (χ2n) is 7.91. The molecule has 0 unspecified atom stereocenters. The summed E-state index contributed by atoms with van der Waals surface area (Å²) < 4.78 is 0. The van der Waals surface area contributed by atoms with E-state index in [2.05, 4.69) is 45.9 Å². The number of fused-ring (bicyclic) bond motifs is 2. The zero-order valence-corrected chi connectivity index (χ0v) is 15.0. The van der Waals surface area contributed by atoms with Crippen LogP contribution in [0.5, 0.6) is 0 Å². The monoisotopic (exact) mass is 347 g/mol. The van der Waals surface area contributed by atoms with Crippen molar-refractivity contribution in [2.24, 2.45) is 0 Å².